The van der Waals surface area contributed by atoms with Gasteiger partial charge in [0.1, 0.15) is 10.8 Å². The predicted octanol–water partition coefficient (Wildman–Crippen LogP) is 4.82. The highest BCUT2D eigenvalue weighted by molar-refractivity contribution is 6.32. The topological polar surface area (TPSA) is 120 Å². The van der Waals surface area contributed by atoms with Crippen molar-refractivity contribution in [3.63, 3.8) is 0 Å². The van der Waals surface area contributed by atoms with Gasteiger partial charge in [0, 0.05) is 64.3 Å². The molecular weight excluding hydrogens is 685 g/mol. The van der Waals surface area contributed by atoms with Crippen LogP contribution in [-0.2, 0) is 16.6 Å². The summed E-state index contributed by atoms with van der Waals surface area (Å²) < 4.78 is 16.7. The molecule has 4 saturated heterocycles. The minimum Gasteiger partial charge on any atom is -0.378 e. The molecule has 1 aromatic heterocycles. The largest absolute Gasteiger partial charge is 0.378 e. The fourth-order valence-corrected chi connectivity index (χ4v) is 9.00. The number of aromatic nitrogens is 2. The maximum absolute atomic E-state index is 15.5. The molecule has 0 radical (unpaired) electrons. The first-order chi connectivity index (χ1) is 24.9. The molecule has 0 aliphatic carbocycles. The minimum absolute atomic E-state index is 0.0561. The number of hydrogen-bond acceptors (Lipinski definition) is 8. The molecule has 7 rings (SSSR count). The number of halogens is 2. The summed E-state index contributed by atoms with van der Waals surface area (Å²) in [5.41, 5.74) is 4.29. The molecule has 11 nitrogen and oxygen atoms in total. The predicted molar refractivity (Wildman–Crippen MR) is 198 cm³/mol. The lowest BCUT2D eigenvalue weighted by molar-refractivity contribution is -0.134. The summed E-state index contributed by atoms with van der Waals surface area (Å²) in [6.45, 7) is 6.49. The molecule has 2 N–H and O–H groups in total. The number of nitrogens with zero attached hydrogens (tertiary/aromatic N) is 5. The Morgan fingerprint density at radius 1 is 1.00 bits per heavy atom. The van der Waals surface area contributed by atoms with Gasteiger partial charge in [-0.05, 0) is 105 Å². The van der Waals surface area contributed by atoms with Gasteiger partial charge in [-0.3, -0.25) is 24.5 Å². The zero-order chi connectivity index (χ0) is 36.7. The molecular formula is C39H47ClFN7O4. The van der Waals surface area contributed by atoms with Crippen molar-refractivity contribution in [1.29, 1.82) is 0 Å². The van der Waals surface area contributed by atoms with Crippen molar-refractivity contribution in [2.24, 2.45) is 12.5 Å². The second kappa shape index (κ2) is 14.6. The van der Waals surface area contributed by atoms with Gasteiger partial charge >= 0.3 is 0 Å². The van der Waals surface area contributed by atoms with Crippen molar-refractivity contribution in [3.05, 3.63) is 86.0 Å². The van der Waals surface area contributed by atoms with Crippen LogP contribution in [0, 0.1) is 18.2 Å². The molecule has 276 valence electrons. The molecule has 4 fully saturated rings. The third-order valence-corrected chi connectivity index (χ3v) is 12.3. The summed E-state index contributed by atoms with van der Waals surface area (Å²) >= 11 is 6.32. The van der Waals surface area contributed by atoms with Crippen LogP contribution in [0.2, 0.25) is 5.02 Å². The number of anilines is 2. The number of likely N-dealkylation sites (tertiary alicyclic amines) is 2. The number of amides is 3. The van der Waals surface area contributed by atoms with Gasteiger partial charge in [-0.1, -0.05) is 23.7 Å². The van der Waals surface area contributed by atoms with E-state index in [0.29, 0.717) is 42.0 Å². The quantitative estimate of drug-likeness (QED) is 0.347. The van der Waals surface area contributed by atoms with E-state index in [9.17, 15) is 19.2 Å². The number of benzene rings is 2. The molecule has 5 heterocycles. The Balaban J connectivity index is 0.923. The maximum atomic E-state index is 15.5. The van der Waals surface area contributed by atoms with Gasteiger partial charge < -0.3 is 20.0 Å². The highest BCUT2D eigenvalue weighted by Gasteiger charge is 2.39. The summed E-state index contributed by atoms with van der Waals surface area (Å²) in [4.78, 5) is 56.2. The van der Waals surface area contributed by atoms with Crippen LogP contribution in [0.3, 0.4) is 0 Å². The monoisotopic (exact) mass is 731 g/mol. The number of aryl methyl sites for hydroxylation is 2. The van der Waals surface area contributed by atoms with Crippen LogP contribution in [0.5, 0.6) is 0 Å². The average molecular weight is 732 g/mol. The first-order valence-corrected chi connectivity index (χ1v) is 18.7. The van der Waals surface area contributed by atoms with E-state index in [-0.39, 0.29) is 57.9 Å². The summed E-state index contributed by atoms with van der Waals surface area (Å²) in [7, 11) is 3.65. The molecule has 0 saturated carbocycles. The molecule has 3 aromatic rings. The van der Waals surface area contributed by atoms with Crippen LogP contribution in [0.15, 0.2) is 47.4 Å². The number of carbonyl (C=O) groups is 3. The summed E-state index contributed by atoms with van der Waals surface area (Å²) in [5, 5.41) is 10.1. The van der Waals surface area contributed by atoms with E-state index in [0.717, 1.165) is 63.8 Å². The fourth-order valence-electron chi connectivity index (χ4n) is 8.77. The number of carbonyl (C=O) groups excluding carboxylic acids is 3. The number of piperidine rings is 4. The molecule has 13 heteroatoms. The molecule has 2 aromatic carbocycles. The summed E-state index contributed by atoms with van der Waals surface area (Å²) in [6.07, 6.45) is 6.83. The van der Waals surface area contributed by atoms with E-state index in [1.807, 2.05) is 30.0 Å². The van der Waals surface area contributed by atoms with Crippen molar-refractivity contribution in [2.75, 3.05) is 56.5 Å². The van der Waals surface area contributed by atoms with Crippen molar-refractivity contribution in [2.45, 2.75) is 69.7 Å². The summed E-state index contributed by atoms with van der Waals surface area (Å²) in [6, 6.07) is 11.4. The molecule has 3 atom stereocenters. The van der Waals surface area contributed by atoms with Crippen LogP contribution < -0.4 is 21.1 Å². The lowest BCUT2D eigenvalue weighted by Crippen LogP contribution is -2.48. The van der Waals surface area contributed by atoms with Crippen molar-refractivity contribution in [1.82, 2.24) is 24.9 Å². The van der Waals surface area contributed by atoms with Gasteiger partial charge in [0.25, 0.3) is 11.5 Å². The molecule has 4 aliphatic heterocycles. The molecule has 0 bridgehead atoms. The third-order valence-electron chi connectivity index (χ3n) is 11.9. The SMILES string of the molecule is Cc1cc(N2CCC3(CCN(C(=O)c4ccc(C5CC(Nc6cnn(C)c(=O)c6Cl)CN(C)C5)cc4)CC3)CC2)c(F)cc1C1CCC(=O)NC1=O. The first-order valence-electron chi connectivity index (χ1n) is 18.3. The van der Waals surface area contributed by atoms with Crippen LogP contribution in [-0.4, -0.2) is 89.7 Å². The Hall–Kier alpha value is -4.29. The van der Waals surface area contributed by atoms with Crippen LogP contribution >= 0.6 is 11.6 Å². The number of imide groups is 1. The third kappa shape index (κ3) is 7.32. The van der Waals surface area contributed by atoms with Gasteiger partial charge in [-0.15, -0.1) is 0 Å². The highest BCUT2D eigenvalue weighted by atomic mass is 35.5. The zero-order valence-electron chi connectivity index (χ0n) is 30.1. The number of rotatable bonds is 6. The number of likely N-dealkylation sites (N-methyl/N-ethyl adjacent to an activating group) is 1. The van der Waals surface area contributed by atoms with Crippen LogP contribution in [0.25, 0.3) is 0 Å². The van der Waals surface area contributed by atoms with E-state index in [1.54, 1.807) is 13.2 Å². The van der Waals surface area contributed by atoms with Crippen LogP contribution in [0.1, 0.15) is 83.8 Å². The second-order valence-electron chi connectivity index (χ2n) is 15.4. The molecule has 3 amide bonds. The molecule has 4 aliphatic rings. The molecule has 1 spiro atoms. The van der Waals surface area contributed by atoms with E-state index in [2.05, 4.69) is 44.7 Å². The first kappa shape index (κ1) is 36.1. The maximum Gasteiger partial charge on any atom is 0.287 e. The van der Waals surface area contributed by atoms with E-state index >= 15 is 4.39 Å². The Bertz CT molecular complexity index is 1920. The van der Waals surface area contributed by atoms with Crippen LogP contribution in [0.4, 0.5) is 15.8 Å². The average Bonchev–Trinajstić information content (AvgIpc) is 3.13. The van der Waals surface area contributed by atoms with Gasteiger partial charge in [-0.2, -0.15) is 5.10 Å². The van der Waals surface area contributed by atoms with Gasteiger partial charge in [0.15, 0.2) is 0 Å². The standard InChI is InChI=1S/C39H47ClFN7O4/c1-24-18-33(31(41)20-30(24)29-8-9-34(49)44-36(29)50)47-14-10-39(11-15-47)12-16-48(17-13-39)37(51)26-6-4-25(5-7-26)27-19-28(23-45(2)22-27)43-32-21-42-46(3)38(52)35(32)40/h4-7,18,20-21,27-29,43H,8-17,19,22-23H2,1-3H3,(H,44,49,50). The Morgan fingerprint density at radius 2 is 1.69 bits per heavy atom. The smallest absolute Gasteiger partial charge is 0.287 e. The minimum atomic E-state index is -0.510. The Kier molecular flexibility index (Phi) is 10.1. The fraction of sp³-hybridized carbons (Fsp3) is 0.513. The van der Waals surface area contributed by atoms with E-state index in [1.165, 1.54) is 16.3 Å². The van der Waals surface area contributed by atoms with E-state index in [4.69, 9.17) is 11.6 Å². The van der Waals surface area contributed by atoms with Gasteiger partial charge in [0.2, 0.25) is 11.8 Å². The van der Waals surface area contributed by atoms with Crippen molar-refractivity contribution >= 4 is 40.7 Å². The molecule has 3 unspecified atom stereocenters. The van der Waals surface area contributed by atoms with Gasteiger partial charge in [-0.25, -0.2) is 9.07 Å². The lowest BCUT2D eigenvalue weighted by Gasteiger charge is -2.47. The highest BCUT2D eigenvalue weighted by Crippen LogP contribution is 2.43. The Morgan fingerprint density at radius 3 is 2.38 bits per heavy atom. The summed E-state index contributed by atoms with van der Waals surface area (Å²) in [5.74, 6) is -1.17. The van der Waals surface area contributed by atoms with Gasteiger partial charge in [0.05, 0.1) is 23.5 Å². The second-order valence-corrected chi connectivity index (χ2v) is 15.7. The zero-order valence-corrected chi connectivity index (χ0v) is 30.8. The van der Waals surface area contributed by atoms with Crippen molar-refractivity contribution < 1.29 is 18.8 Å². The molecule has 52 heavy (non-hydrogen) atoms. The number of hydrogen-bond donors (Lipinski definition) is 2. The lowest BCUT2D eigenvalue weighted by atomic mass is 9.71. The van der Waals surface area contributed by atoms with E-state index < -0.39 is 5.92 Å². The van der Waals surface area contributed by atoms with Crippen molar-refractivity contribution in [3.8, 4) is 0 Å². The normalized spacial score (nSPS) is 23.8. The number of nitrogens with one attached hydrogen (secondary N) is 2. The Labute approximate surface area is 308 Å².